The fourth-order valence-electron chi connectivity index (χ4n) is 1.86. The van der Waals surface area contributed by atoms with Gasteiger partial charge >= 0.3 is 0 Å². The molecule has 1 aromatic rings. The molecule has 6 heteroatoms. The van der Waals surface area contributed by atoms with E-state index in [0.29, 0.717) is 13.1 Å². The van der Waals surface area contributed by atoms with E-state index in [0.717, 1.165) is 12.1 Å². The Morgan fingerprint density at radius 2 is 1.71 bits per heavy atom. The number of halogens is 2. The first-order valence-corrected chi connectivity index (χ1v) is 6.79. The zero-order chi connectivity index (χ0) is 16.2. The van der Waals surface area contributed by atoms with E-state index in [1.165, 1.54) is 19.9 Å². The Balaban J connectivity index is 2.90. The molecule has 116 valence electrons. The maximum absolute atomic E-state index is 13.1. The van der Waals surface area contributed by atoms with Crippen LogP contribution in [0.1, 0.15) is 27.7 Å². The smallest absolute Gasteiger partial charge is 0.239 e. The van der Waals surface area contributed by atoms with Gasteiger partial charge in [0.05, 0.1) is 0 Å². The molecular weight excluding hydrogens is 278 g/mol. The zero-order valence-corrected chi connectivity index (χ0v) is 12.7. The third-order valence-corrected chi connectivity index (χ3v) is 3.33. The van der Waals surface area contributed by atoms with Crippen LogP contribution in [0.15, 0.2) is 18.2 Å². The van der Waals surface area contributed by atoms with E-state index in [1.54, 1.807) is 4.90 Å². The second-order valence-electron chi connectivity index (χ2n) is 5.19. The highest BCUT2D eigenvalue weighted by molar-refractivity contribution is 6.09. The van der Waals surface area contributed by atoms with Crippen LogP contribution >= 0.6 is 0 Å². The molecule has 2 amide bonds. The number of rotatable bonds is 5. The predicted molar refractivity (Wildman–Crippen MR) is 76.7 cm³/mol. The molecule has 0 saturated carbocycles. The van der Waals surface area contributed by atoms with Crippen molar-refractivity contribution in [2.75, 3.05) is 18.4 Å². The molecule has 0 fully saturated rings. The van der Waals surface area contributed by atoms with Crippen molar-refractivity contribution in [3.63, 3.8) is 0 Å². The van der Waals surface area contributed by atoms with Crippen LogP contribution in [0.4, 0.5) is 14.5 Å². The van der Waals surface area contributed by atoms with Crippen LogP contribution in [0.5, 0.6) is 0 Å². The number of nitrogens with one attached hydrogen (secondary N) is 1. The van der Waals surface area contributed by atoms with E-state index in [1.807, 2.05) is 13.8 Å². The Labute approximate surface area is 123 Å². The van der Waals surface area contributed by atoms with E-state index in [-0.39, 0.29) is 11.6 Å². The number of hydrogen-bond donors (Lipinski definition) is 1. The van der Waals surface area contributed by atoms with Crippen molar-refractivity contribution in [3.05, 3.63) is 29.8 Å². The van der Waals surface area contributed by atoms with Crippen LogP contribution in [-0.2, 0) is 9.59 Å². The van der Waals surface area contributed by atoms with Crippen molar-refractivity contribution < 1.29 is 18.4 Å². The standard InChI is InChI=1S/C15H20F2N2O2/c1-5-19(6-2)14(21)15(3,4)13(20)18-10-7-8-11(16)12(17)9-10/h7-9H,5-6H2,1-4H3,(H,18,20). The lowest BCUT2D eigenvalue weighted by atomic mass is 9.90. The number of nitrogens with zero attached hydrogens (tertiary/aromatic N) is 1. The van der Waals surface area contributed by atoms with Gasteiger partial charge in [0.1, 0.15) is 5.41 Å². The van der Waals surface area contributed by atoms with Crippen molar-refractivity contribution in [2.45, 2.75) is 27.7 Å². The second kappa shape index (κ2) is 6.65. The number of hydrogen-bond acceptors (Lipinski definition) is 2. The molecule has 4 nitrogen and oxygen atoms in total. The molecule has 0 spiro atoms. The first kappa shape index (κ1) is 17.1. The fraction of sp³-hybridized carbons (Fsp3) is 0.467. The van der Waals surface area contributed by atoms with E-state index in [4.69, 9.17) is 0 Å². The van der Waals surface area contributed by atoms with Crippen LogP contribution in [-0.4, -0.2) is 29.8 Å². The van der Waals surface area contributed by atoms with Crippen LogP contribution in [0.2, 0.25) is 0 Å². The maximum atomic E-state index is 13.1. The quantitative estimate of drug-likeness (QED) is 0.850. The highest BCUT2D eigenvalue weighted by Crippen LogP contribution is 2.22. The molecule has 0 heterocycles. The molecule has 0 atom stereocenters. The summed E-state index contributed by atoms with van der Waals surface area (Å²) in [5.74, 6) is -2.93. The molecule has 0 aromatic heterocycles. The summed E-state index contributed by atoms with van der Waals surface area (Å²) in [5.41, 5.74) is -1.18. The van der Waals surface area contributed by atoms with Gasteiger partial charge in [-0.3, -0.25) is 9.59 Å². The first-order valence-electron chi connectivity index (χ1n) is 6.79. The number of anilines is 1. The number of carbonyl (C=O) groups is 2. The minimum atomic E-state index is -1.29. The van der Waals surface area contributed by atoms with Crippen molar-refractivity contribution in [1.82, 2.24) is 4.90 Å². The lowest BCUT2D eigenvalue weighted by molar-refractivity contribution is -0.146. The lowest BCUT2D eigenvalue weighted by Gasteiger charge is -2.29. The SMILES string of the molecule is CCN(CC)C(=O)C(C)(C)C(=O)Nc1ccc(F)c(F)c1. The molecule has 1 N–H and O–H groups in total. The van der Waals surface area contributed by atoms with Gasteiger partial charge in [-0.1, -0.05) is 0 Å². The third kappa shape index (κ3) is 3.77. The Hall–Kier alpha value is -1.98. The summed E-state index contributed by atoms with van der Waals surface area (Å²) < 4.78 is 26.0. The molecule has 0 bridgehead atoms. The molecule has 0 aliphatic heterocycles. The molecule has 0 aliphatic rings. The predicted octanol–water partition coefficient (Wildman–Crippen LogP) is 2.80. The minimum Gasteiger partial charge on any atom is -0.342 e. The fourth-order valence-corrected chi connectivity index (χ4v) is 1.86. The summed E-state index contributed by atoms with van der Waals surface area (Å²) in [6, 6.07) is 3.05. The van der Waals surface area contributed by atoms with Gasteiger partial charge in [0, 0.05) is 24.8 Å². The van der Waals surface area contributed by atoms with Gasteiger partial charge in [-0.05, 0) is 39.8 Å². The summed E-state index contributed by atoms with van der Waals surface area (Å²) >= 11 is 0. The maximum Gasteiger partial charge on any atom is 0.239 e. The highest BCUT2D eigenvalue weighted by Gasteiger charge is 2.38. The van der Waals surface area contributed by atoms with Gasteiger partial charge in [0.2, 0.25) is 11.8 Å². The van der Waals surface area contributed by atoms with Crippen molar-refractivity contribution in [1.29, 1.82) is 0 Å². The second-order valence-corrected chi connectivity index (χ2v) is 5.19. The van der Waals surface area contributed by atoms with Crippen molar-refractivity contribution in [2.24, 2.45) is 5.41 Å². The largest absolute Gasteiger partial charge is 0.342 e. The van der Waals surface area contributed by atoms with Crippen LogP contribution in [0.3, 0.4) is 0 Å². The highest BCUT2D eigenvalue weighted by atomic mass is 19.2. The van der Waals surface area contributed by atoms with Crippen molar-refractivity contribution in [3.8, 4) is 0 Å². The lowest BCUT2D eigenvalue weighted by Crippen LogP contribution is -2.47. The minimum absolute atomic E-state index is 0.110. The summed E-state index contributed by atoms with van der Waals surface area (Å²) in [4.78, 5) is 26.1. The van der Waals surface area contributed by atoms with Crippen LogP contribution < -0.4 is 5.32 Å². The van der Waals surface area contributed by atoms with E-state index < -0.39 is 23.0 Å². The van der Waals surface area contributed by atoms with E-state index >= 15 is 0 Å². The van der Waals surface area contributed by atoms with Gasteiger partial charge in [-0.2, -0.15) is 0 Å². The average Bonchev–Trinajstić information content (AvgIpc) is 2.44. The number of carbonyl (C=O) groups excluding carboxylic acids is 2. The van der Waals surface area contributed by atoms with Gasteiger partial charge < -0.3 is 10.2 Å². The molecule has 1 rings (SSSR count). The van der Waals surface area contributed by atoms with Crippen LogP contribution in [0, 0.1) is 17.0 Å². The van der Waals surface area contributed by atoms with Gasteiger partial charge in [0.15, 0.2) is 11.6 Å². The first-order chi connectivity index (χ1) is 9.73. The Morgan fingerprint density at radius 3 is 2.19 bits per heavy atom. The Bertz CT molecular complexity index is 540. The Kier molecular flexibility index (Phi) is 5.41. The monoisotopic (exact) mass is 298 g/mol. The molecule has 1 aromatic carbocycles. The molecule has 0 unspecified atom stereocenters. The van der Waals surface area contributed by atoms with Crippen LogP contribution in [0.25, 0.3) is 0 Å². The Morgan fingerprint density at radius 1 is 1.14 bits per heavy atom. The summed E-state index contributed by atoms with van der Waals surface area (Å²) in [5, 5.41) is 2.44. The van der Waals surface area contributed by atoms with E-state index in [2.05, 4.69) is 5.32 Å². The van der Waals surface area contributed by atoms with Gasteiger partial charge in [-0.25, -0.2) is 8.78 Å². The summed E-state index contributed by atoms with van der Waals surface area (Å²) in [6.45, 7) is 7.65. The molecule has 0 aliphatic carbocycles. The third-order valence-electron chi connectivity index (χ3n) is 3.33. The molecular formula is C15H20F2N2O2. The summed E-state index contributed by atoms with van der Waals surface area (Å²) in [6.07, 6.45) is 0. The van der Waals surface area contributed by atoms with Crippen molar-refractivity contribution >= 4 is 17.5 Å². The number of benzene rings is 1. The summed E-state index contributed by atoms with van der Waals surface area (Å²) in [7, 11) is 0. The number of amides is 2. The van der Waals surface area contributed by atoms with Gasteiger partial charge in [0.25, 0.3) is 0 Å². The molecule has 21 heavy (non-hydrogen) atoms. The van der Waals surface area contributed by atoms with Gasteiger partial charge in [-0.15, -0.1) is 0 Å². The normalized spacial score (nSPS) is 11.1. The topological polar surface area (TPSA) is 49.4 Å². The molecule has 0 saturated heterocycles. The van der Waals surface area contributed by atoms with E-state index in [9.17, 15) is 18.4 Å². The average molecular weight is 298 g/mol. The molecule has 0 radical (unpaired) electrons. The zero-order valence-electron chi connectivity index (χ0n) is 12.7.